The highest BCUT2D eigenvalue weighted by Gasteiger charge is 2.41. The molecule has 0 saturated carbocycles. The van der Waals surface area contributed by atoms with Crippen molar-refractivity contribution in [3.05, 3.63) is 87.3 Å². The number of nitrogens with zero attached hydrogens (tertiary/aromatic N) is 1. The third-order valence-corrected chi connectivity index (χ3v) is 7.28. The first-order chi connectivity index (χ1) is 14.8. The molecule has 0 unspecified atom stereocenters. The number of halogens is 3. The first kappa shape index (κ1) is 22.0. The molecule has 1 aliphatic rings. The third-order valence-electron chi connectivity index (χ3n) is 5.93. The Kier molecular flexibility index (Phi) is 6.18. The molecule has 4 rings (SSSR count). The lowest BCUT2D eigenvalue weighted by molar-refractivity contribution is -0.00266. The van der Waals surface area contributed by atoms with Gasteiger partial charge in [0.1, 0.15) is 5.15 Å². The molecule has 0 atom stereocenters. The van der Waals surface area contributed by atoms with Crippen molar-refractivity contribution in [2.45, 2.75) is 51.4 Å². The predicted molar refractivity (Wildman–Crippen MR) is 123 cm³/mol. The molecule has 0 bridgehead atoms. The molecular weight excluding hydrogens is 436 g/mol. The molecule has 6 heteroatoms. The van der Waals surface area contributed by atoms with Gasteiger partial charge < -0.3 is 5.11 Å². The van der Waals surface area contributed by atoms with E-state index in [2.05, 4.69) is 35.2 Å². The second kappa shape index (κ2) is 8.71. The number of fused-ring (bicyclic) bond motifs is 1. The molecule has 1 heterocycles. The van der Waals surface area contributed by atoms with Crippen molar-refractivity contribution in [1.29, 1.82) is 0 Å². The minimum absolute atomic E-state index is 0.0161. The van der Waals surface area contributed by atoms with E-state index in [9.17, 15) is 13.9 Å². The summed E-state index contributed by atoms with van der Waals surface area (Å²) in [6.07, 6.45) is 2.13. The highest BCUT2D eigenvalue weighted by molar-refractivity contribution is 7.10. The van der Waals surface area contributed by atoms with Gasteiger partial charge in [-0.05, 0) is 66.4 Å². The summed E-state index contributed by atoms with van der Waals surface area (Å²) in [5.41, 5.74) is 5.67. The van der Waals surface area contributed by atoms with E-state index in [1.807, 2.05) is 13.0 Å². The van der Waals surface area contributed by atoms with Crippen molar-refractivity contribution in [2.75, 3.05) is 0 Å². The fraction of sp³-hybridized carbons (Fsp3) is 0.320. The van der Waals surface area contributed by atoms with Crippen molar-refractivity contribution >= 4 is 23.1 Å². The fourth-order valence-corrected chi connectivity index (χ4v) is 5.49. The van der Waals surface area contributed by atoms with Gasteiger partial charge in [-0.1, -0.05) is 60.1 Å². The van der Waals surface area contributed by atoms with E-state index < -0.39 is 5.92 Å². The summed E-state index contributed by atoms with van der Waals surface area (Å²) in [6.45, 7) is 5.51. The Morgan fingerprint density at radius 3 is 2.55 bits per heavy atom. The van der Waals surface area contributed by atoms with Gasteiger partial charge in [0.15, 0.2) is 0 Å². The van der Waals surface area contributed by atoms with E-state index in [1.165, 1.54) is 17.1 Å². The summed E-state index contributed by atoms with van der Waals surface area (Å²) in [6, 6.07) is 12.0. The van der Waals surface area contributed by atoms with Crippen molar-refractivity contribution in [3.63, 3.8) is 0 Å². The molecule has 1 aliphatic carbocycles. The van der Waals surface area contributed by atoms with Gasteiger partial charge in [0, 0.05) is 24.0 Å². The van der Waals surface area contributed by atoms with Crippen LogP contribution in [-0.4, -0.2) is 9.48 Å². The number of hydrogen-bond acceptors (Lipinski definition) is 3. The minimum atomic E-state index is -2.83. The van der Waals surface area contributed by atoms with Crippen molar-refractivity contribution in [1.82, 2.24) is 4.37 Å². The number of aryl methyl sites for hydroxylation is 3. The third kappa shape index (κ3) is 4.53. The summed E-state index contributed by atoms with van der Waals surface area (Å²) >= 11 is 7.77. The maximum atomic E-state index is 14.7. The Hall–Kier alpha value is -2.24. The SMILES string of the molecule is C=C(O)CCc1ccc(CCc2c(Cl)nsc2-c2ccc(C)cc2)c2c1C(F)(F)CC2. The lowest BCUT2D eigenvalue weighted by atomic mass is 9.91. The van der Waals surface area contributed by atoms with E-state index in [4.69, 9.17) is 11.6 Å². The standard InChI is InChI=1S/C25H24ClF2NOS/c1-15-3-6-19(7-4-15)23-21(24(26)29-31-23)12-11-17-9-10-18(8-5-16(2)30)22-20(17)13-14-25(22,27)28/h3-4,6-7,9-10,30H,2,5,8,11-14H2,1H3. The first-order valence-corrected chi connectivity index (χ1v) is 11.5. The van der Waals surface area contributed by atoms with E-state index >= 15 is 0 Å². The quantitative estimate of drug-likeness (QED) is 0.369. The van der Waals surface area contributed by atoms with Crippen LogP contribution >= 0.6 is 23.1 Å². The van der Waals surface area contributed by atoms with Gasteiger partial charge in [-0.2, -0.15) is 4.37 Å². The van der Waals surface area contributed by atoms with Crippen LogP contribution in [0.25, 0.3) is 10.4 Å². The average Bonchev–Trinajstić information content (AvgIpc) is 3.25. The molecule has 3 aromatic rings. The molecular formula is C25H24ClF2NOS. The van der Waals surface area contributed by atoms with Gasteiger partial charge in [0.2, 0.25) is 0 Å². The van der Waals surface area contributed by atoms with Crippen molar-refractivity contribution in [3.8, 4) is 10.4 Å². The van der Waals surface area contributed by atoms with Gasteiger partial charge in [-0.25, -0.2) is 8.78 Å². The highest BCUT2D eigenvalue weighted by Crippen LogP contribution is 2.45. The lowest BCUT2D eigenvalue weighted by Crippen LogP contribution is -2.12. The normalized spacial score (nSPS) is 14.6. The number of aliphatic hydroxyl groups excluding tert-OH is 1. The van der Waals surface area contributed by atoms with E-state index in [0.29, 0.717) is 36.4 Å². The Bertz CT molecular complexity index is 1120. The number of rotatable bonds is 7. The number of alkyl halides is 2. The van der Waals surface area contributed by atoms with E-state index in [1.54, 1.807) is 6.07 Å². The molecule has 0 saturated heterocycles. The number of benzene rings is 2. The van der Waals surface area contributed by atoms with Gasteiger partial charge >= 0.3 is 0 Å². The number of aromatic nitrogens is 1. The summed E-state index contributed by atoms with van der Waals surface area (Å²) < 4.78 is 33.7. The summed E-state index contributed by atoms with van der Waals surface area (Å²) in [7, 11) is 0. The van der Waals surface area contributed by atoms with Crippen LogP contribution in [0.2, 0.25) is 5.15 Å². The zero-order valence-corrected chi connectivity index (χ0v) is 18.9. The van der Waals surface area contributed by atoms with Crippen LogP contribution in [0.5, 0.6) is 0 Å². The monoisotopic (exact) mass is 459 g/mol. The van der Waals surface area contributed by atoms with Crippen molar-refractivity contribution < 1.29 is 13.9 Å². The second-order valence-electron chi connectivity index (χ2n) is 8.16. The molecule has 2 nitrogen and oxygen atoms in total. The van der Waals surface area contributed by atoms with Crippen LogP contribution in [0, 0.1) is 6.92 Å². The second-order valence-corrected chi connectivity index (χ2v) is 9.29. The zero-order valence-electron chi connectivity index (χ0n) is 17.4. The number of allylic oxidation sites excluding steroid dienone is 1. The molecule has 1 aromatic heterocycles. The Balaban J connectivity index is 1.62. The van der Waals surface area contributed by atoms with Gasteiger partial charge in [-0.3, -0.25) is 0 Å². The number of hydrogen-bond donors (Lipinski definition) is 1. The molecule has 162 valence electrons. The maximum absolute atomic E-state index is 14.7. The number of aliphatic hydroxyl groups is 1. The van der Waals surface area contributed by atoms with Crippen LogP contribution in [0.4, 0.5) is 8.78 Å². The van der Waals surface area contributed by atoms with Gasteiger partial charge in [0.05, 0.1) is 10.6 Å². The van der Waals surface area contributed by atoms with E-state index in [-0.39, 0.29) is 24.2 Å². The van der Waals surface area contributed by atoms with Crippen molar-refractivity contribution in [2.24, 2.45) is 0 Å². The smallest absolute Gasteiger partial charge is 0.274 e. The molecule has 31 heavy (non-hydrogen) atoms. The van der Waals surface area contributed by atoms with Gasteiger partial charge in [0.25, 0.3) is 5.92 Å². The molecule has 1 N–H and O–H groups in total. The van der Waals surface area contributed by atoms with Gasteiger partial charge in [-0.15, -0.1) is 0 Å². The summed E-state index contributed by atoms with van der Waals surface area (Å²) in [5.74, 6) is -2.81. The maximum Gasteiger partial charge on any atom is 0.274 e. The predicted octanol–water partition coefficient (Wildman–Crippen LogP) is 7.60. The topological polar surface area (TPSA) is 33.1 Å². The van der Waals surface area contributed by atoms with Crippen LogP contribution in [0.15, 0.2) is 48.7 Å². The van der Waals surface area contributed by atoms with Crippen LogP contribution in [-0.2, 0) is 31.6 Å². The van der Waals surface area contributed by atoms with Crippen LogP contribution in [0.1, 0.15) is 46.2 Å². The molecule has 0 aliphatic heterocycles. The van der Waals surface area contributed by atoms with Crippen LogP contribution in [0.3, 0.4) is 0 Å². The molecule has 0 amide bonds. The zero-order chi connectivity index (χ0) is 22.2. The Morgan fingerprint density at radius 1 is 1.13 bits per heavy atom. The first-order valence-electron chi connectivity index (χ1n) is 10.4. The fourth-order valence-electron chi connectivity index (χ4n) is 4.31. The highest BCUT2D eigenvalue weighted by atomic mass is 35.5. The lowest BCUT2D eigenvalue weighted by Gasteiger charge is -2.17. The largest absolute Gasteiger partial charge is 0.513 e. The molecule has 0 spiro atoms. The van der Waals surface area contributed by atoms with E-state index in [0.717, 1.165) is 27.1 Å². The minimum Gasteiger partial charge on any atom is -0.513 e. The molecule has 0 radical (unpaired) electrons. The Labute approximate surface area is 190 Å². The average molecular weight is 460 g/mol. The molecule has 0 fully saturated rings. The van der Waals surface area contributed by atoms with Crippen LogP contribution < -0.4 is 0 Å². The molecule has 2 aromatic carbocycles. The Morgan fingerprint density at radius 2 is 1.84 bits per heavy atom. The summed E-state index contributed by atoms with van der Waals surface area (Å²) in [5, 5.41) is 9.89. The summed E-state index contributed by atoms with van der Waals surface area (Å²) in [4.78, 5) is 1.03.